The molecule has 8 heteroatoms. The number of carbonyl (C=O) groups excluding carboxylic acids is 1. The fourth-order valence-corrected chi connectivity index (χ4v) is 3.86. The molecular weight excluding hydrogens is 374 g/mol. The van der Waals surface area contributed by atoms with E-state index < -0.39 is 27.6 Å². The number of hydrogen-bond donors (Lipinski definition) is 1. The van der Waals surface area contributed by atoms with Gasteiger partial charge in [-0.25, -0.2) is 17.2 Å². The molecule has 1 N–H and O–H groups in total. The minimum atomic E-state index is -3.55. The predicted molar refractivity (Wildman–Crippen MR) is 101 cm³/mol. The van der Waals surface area contributed by atoms with Crippen LogP contribution in [0.3, 0.4) is 0 Å². The highest BCUT2D eigenvalue weighted by atomic mass is 32.2. The second kappa shape index (κ2) is 8.88. The van der Waals surface area contributed by atoms with Gasteiger partial charge in [-0.15, -0.1) is 0 Å². The smallest absolute Gasteiger partial charge is 0.248 e. The van der Waals surface area contributed by atoms with Gasteiger partial charge < -0.3 is 5.32 Å². The zero-order valence-corrected chi connectivity index (χ0v) is 15.8. The van der Waals surface area contributed by atoms with Crippen molar-refractivity contribution in [2.45, 2.75) is 18.7 Å². The molecule has 0 aliphatic rings. The molecule has 0 atom stereocenters. The Bertz CT molecular complexity index is 938. The first-order chi connectivity index (χ1) is 12.8. The van der Waals surface area contributed by atoms with E-state index in [1.54, 1.807) is 26.0 Å². The van der Waals surface area contributed by atoms with E-state index in [-0.39, 0.29) is 10.6 Å². The van der Waals surface area contributed by atoms with Crippen molar-refractivity contribution in [2.75, 3.05) is 18.4 Å². The van der Waals surface area contributed by atoms with Crippen molar-refractivity contribution < 1.29 is 22.0 Å². The summed E-state index contributed by atoms with van der Waals surface area (Å²) < 4.78 is 52.8. The number of benzene rings is 2. The maximum Gasteiger partial charge on any atom is 0.248 e. The molecule has 0 aromatic heterocycles. The number of carbonyl (C=O) groups is 1. The molecule has 1 amide bonds. The van der Waals surface area contributed by atoms with Gasteiger partial charge in [0.05, 0.1) is 10.6 Å². The lowest BCUT2D eigenvalue weighted by Crippen LogP contribution is -2.30. The average Bonchev–Trinajstić information content (AvgIpc) is 2.64. The third-order valence-corrected chi connectivity index (χ3v) is 5.90. The van der Waals surface area contributed by atoms with E-state index >= 15 is 0 Å². The summed E-state index contributed by atoms with van der Waals surface area (Å²) >= 11 is 0. The Morgan fingerprint density at radius 3 is 2.30 bits per heavy atom. The molecule has 0 aliphatic carbocycles. The number of nitrogens with zero attached hydrogens (tertiary/aromatic N) is 1. The van der Waals surface area contributed by atoms with Crippen molar-refractivity contribution in [3.05, 3.63) is 65.7 Å². The van der Waals surface area contributed by atoms with E-state index in [0.29, 0.717) is 18.7 Å². The number of anilines is 1. The van der Waals surface area contributed by atoms with Crippen molar-refractivity contribution in [1.82, 2.24) is 4.31 Å². The molecule has 0 unspecified atom stereocenters. The number of sulfonamides is 1. The van der Waals surface area contributed by atoms with Crippen LogP contribution in [0.15, 0.2) is 53.4 Å². The van der Waals surface area contributed by atoms with Gasteiger partial charge in [0, 0.05) is 25.2 Å². The van der Waals surface area contributed by atoms with Gasteiger partial charge in [0.1, 0.15) is 11.6 Å². The van der Waals surface area contributed by atoms with Crippen LogP contribution in [0.2, 0.25) is 0 Å². The van der Waals surface area contributed by atoms with E-state index in [1.165, 1.54) is 22.5 Å². The maximum atomic E-state index is 13.5. The molecule has 144 valence electrons. The monoisotopic (exact) mass is 394 g/mol. The lowest BCUT2D eigenvalue weighted by Gasteiger charge is -2.18. The van der Waals surface area contributed by atoms with Crippen molar-refractivity contribution >= 4 is 27.7 Å². The second-order valence-electron chi connectivity index (χ2n) is 5.61. The van der Waals surface area contributed by atoms with Crippen LogP contribution < -0.4 is 5.32 Å². The minimum absolute atomic E-state index is 0.162. The first kappa shape index (κ1) is 20.7. The van der Waals surface area contributed by atoms with Crippen molar-refractivity contribution in [1.29, 1.82) is 0 Å². The van der Waals surface area contributed by atoms with Crippen molar-refractivity contribution in [2.24, 2.45) is 0 Å². The predicted octanol–water partition coefficient (Wildman–Crippen LogP) is 3.65. The van der Waals surface area contributed by atoms with Crippen LogP contribution >= 0.6 is 0 Å². The van der Waals surface area contributed by atoms with E-state index in [2.05, 4.69) is 5.32 Å². The Morgan fingerprint density at radius 1 is 1.07 bits per heavy atom. The summed E-state index contributed by atoms with van der Waals surface area (Å²) in [7, 11) is -3.55. The standard InChI is InChI=1S/C19H20F2N2O3S/c1-3-23(4-2)27(25,26)16-9-5-14(6-10-16)7-12-19(24)22-18-13-15(20)8-11-17(18)21/h5-13H,3-4H2,1-2H3,(H,22,24)/b12-7+. The Balaban J connectivity index is 2.09. The van der Waals surface area contributed by atoms with Crippen LogP contribution in [0.5, 0.6) is 0 Å². The molecule has 0 fully saturated rings. The van der Waals surface area contributed by atoms with Gasteiger partial charge in [-0.3, -0.25) is 4.79 Å². The van der Waals surface area contributed by atoms with Crippen molar-refractivity contribution in [3.63, 3.8) is 0 Å². The van der Waals surface area contributed by atoms with Gasteiger partial charge in [0.15, 0.2) is 0 Å². The van der Waals surface area contributed by atoms with Crippen LogP contribution in [-0.2, 0) is 14.8 Å². The first-order valence-electron chi connectivity index (χ1n) is 8.32. The van der Waals surface area contributed by atoms with Gasteiger partial charge in [-0.1, -0.05) is 26.0 Å². The molecule has 5 nitrogen and oxygen atoms in total. The molecule has 0 saturated heterocycles. The summed E-state index contributed by atoms with van der Waals surface area (Å²) in [5.74, 6) is -2.05. The number of halogens is 2. The molecule has 0 saturated carbocycles. The molecule has 2 aromatic rings. The van der Waals surface area contributed by atoms with Crippen LogP contribution in [0, 0.1) is 11.6 Å². The van der Waals surface area contributed by atoms with Gasteiger partial charge in [-0.2, -0.15) is 4.31 Å². The van der Waals surface area contributed by atoms with E-state index in [9.17, 15) is 22.0 Å². The summed E-state index contributed by atoms with van der Waals surface area (Å²) in [5.41, 5.74) is 0.327. The number of amides is 1. The Labute approximate surface area is 157 Å². The summed E-state index contributed by atoms with van der Waals surface area (Å²) in [6, 6.07) is 8.78. The lowest BCUT2D eigenvalue weighted by molar-refractivity contribution is -0.111. The van der Waals surface area contributed by atoms with E-state index in [0.717, 1.165) is 24.3 Å². The van der Waals surface area contributed by atoms with Crippen LogP contribution in [-0.4, -0.2) is 31.7 Å². The molecule has 0 spiro atoms. The third kappa shape index (κ3) is 5.21. The zero-order chi connectivity index (χ0) is 20.0. The number of hydrogen-bond acceptors (Lipinski definition) is 3. The first-order valence-corrected chi connectivity index (χ1v) is 9.76. The number of nitrogens with one attached hydrogen (secondary N) is 1. The molecule has 2 rings (SSSR count). The second-order valence-corrected chi connectivity index (χ2v) is 7.54. The normalized spacial score (nSPS) is 11.9. The molecule has 2 aromatic carbocycles. The van der Waals surface area contributed by atoms with Crippen LogP contribution in [0.25, 0.3) is 6.08 Å². The molecule has 0 heterocycles. The average molecular weight is 394 g/mol. The van der Waals surface area contributed by atoms with Gasteiger partial charge in [0.25, 0.3) is 0 Å². The highest BCUT2D eigenvalue weighted by molar-refractivity contribution is 7.89. The Hall–Kier alpha value is -2.58. The summed E-state index contributed by atoms with van der Waals surface area (Å²) in [6.07, 6.45) is 2.60. The molecule has 27 heavy (non-hydrogen) atoms. The highest BCUT2D eigenvalue weighted by Crippen LogP contribution is 2.17. The largest absolute Gasteiger partial charge is 0.320 e. The molecule has 0 radical (unpaired) electrons. The Kier molecular flexibility index (Phi) is 6.81. The number of rotatable bonds is 7. The zero-order valence-electron chi connectivity index (χ0n) is 14.9. The van der Waals surface area contributed by atoms with E-state index in [1.807, 2.05) is 0 Å². The summed E-state index contributed by atoms with van der Waals surface area (Å²) in [4.78, 5) is 12.0. The fraction of sp³-hybridized carbons (Fsp3) is 0.211. The quantitative estimate of drug-likeness (QED) is 0.729. The molecule has 0 bridgehead atoms. The van der Waals surface area contributed by atoms with Crippen LogP contribution in [0.1, 0.15) is 19.4 Å². The lowest BCUT2D eigenvalue weighted by atomic mass is 10.2. The molecular formula is C19H20F2N2O3S. The van der Waals surface area contributed by atoms with E-state index in [4.69, 9.17) is 0 Å². The highest BCUT2D eigenvalue weighted by Gasteiger charge is 2.20. The van der Waals surface area contributed by atoms with Crippen molar-refractivity contribution in [3.8, 4) is 0 Å². The van der Waals surface area contributed by atoms with Gasteiger partial charge in [0.2, 0.25) is 15.9 Å². The SMILES string of the molecule is CCN(CC)S(=O)(=O)c1ccc(/C=C/C(=O)Nc2cc(F)ccc2F)cc1. The summed E-state index contributed by atoms with van der Waals surface area (Å²) in [5, 5.41) is 2.24. The topological polar surface area (TPSA) is 66.5 Å². The Morgan fingerprint density at radius 2 is 1.70 bits per heavy atom. The minimum Gasteiger partial charge on any atom is -0.320 e. The maximum absolute atomic E-state index is 13.5. The van der Waals surface area contributed by atoms with Gasteiger partial charge in [-0.05, 0) is 35.9 Å². The third-order valence-electron chi connectivity index (χ3n) is 3.84. The van der Waals surface area contributed by atoms with Crippen LogP contribution in [0.4, 0.5) is 14.5 Å². The molecule has 0 aliphatic heterocycles. The summed E-state index contributed by atoms with van der Waals surface area (Å²) in [6.45, 7) is 4.27. The fourth-order valence-electron chi connectivity index (χ4n) is 2.40. The van der Waals surface area contributed by atoms with Gasteiger partial charge >= 0.3 is 0 Å².